The zero-order chi connectivity index (χ0) is 22.9. The van der Waals surface area contributed by atoms with Crippen LogP contribution in [0.15, 0.2) is 18.2 Å². The Kier molecular flexibility index (Phi) is 9.44. The van der Waals surface area contributed by atoms with E-state index in [4.69, 9.17) is 9.47 Å². The molecule has 0 aliphatic carbocycles. The summed E-state index contributed by atoms with van der Waals surface area (Å²) in [6.07, 6.45) is 2.59. The Bertz CT molecular complexity index is 760. The number of amides is 1. The number of carbonyl (C=O) groups excluding carboxylic acids is 1. The van der Waals surface area contributed by atoms with Gasteiger partial charge in [0.1, 0.15) is 17.9 Å². The van der Waals surface area contributed by atoms with Crippen molar-refractivity contribution in [3.8, 4) is 11.8 Å². The number of hydrogen-bond acceptors (Lipinski definition) is 6. The van der Waals surface area contributed by atoms with E-state index in [0.717, 1.165) is 55.9 Å². The summed E-state index contributed by atoms with van der Waals surface area (Å²) in [5, 5.41) is 12.5. The molecule has 1 aromatic rings. The number of nitriles is 1. The fourth-order valence-electron chi connectivity index (χ4n) is 3.64. The molecule has 31 heavy (non-hydrogen) atoms. The summed E-state index contributed by atoms with van der Waals surface area (Å²) < 4.78 is 11.4. The molecule has 0 saturated carbocycles. The summed E-state index contributed by atoms with van der Waals surface area (Å²) in [5.41, 5.74) is 1.42. The first-order valence-electron chi connectivity index (χ1n) is 11.4. The average molecular weight is 431 g/mol. The maximum Gasteiger partial charge on any atom is 0.410 e. The molecule has 1 aliphatic heterocycles. The van der Waals surface area contributed by atoms with E-state index < -0.39 is 5.54 Å². The van der Waals surface area contributed by atoms with Crippen molar-refractivity contribution in [1.29, 1.82) is 5.26 Å². The SMILES string of the molecule is CCCCOC(=O)N1CCN(CCOc2ccc(NC(C)(C)C#N)cc2CC)C[C@@H]1C. The van der Waals surface area contributed by atoms with Crippen LogP contribution in [0.25, 0.3) is 0 Å². The second-order valence-corrected chi connectivity index (χ2v) is 8.70. The van der Waals surface area contributed by atoms with Crippen molar-refractivity contribution in [1.82, 2.24) is 9.80 Å². The molecule has 7 heteroatoms. The number of nitrogens with one attached hydrogen (secondary N) is 1. The molecule has 1 saturated heterocycles. The van der Waals surface area contributed by atoms with Gasteiger partial charge in [-0.15, -0.1) is 0 Å². The molecule has 1 amide bonds. The maximum atomic E-state index is 12.2. The largest absolute Gasteiger partial charge is 0.492 e. The van der Waals surface area contributed by atoms with Crippen LogP contribution in [0, 0.1) is 11.3 Å². The molecule has 0 aromatic heterocycles. The van der Waals surface area contributed by atoms with Crippen LogP contribution < -0.4 is 10.1 Å². The Morgan fingerprint density at radius 2 is 2.06 bits per heavy atom. The van der Waals surface area contributed by atoms with Crippen molar-refractivity contribution in [2.24, 2.45) is 0 Å². The van der Waals surface area contributed by atoms with Gasteiger partial charge in [0.25, 0.3) is 0 Å². The Morgan fingerprint density at radius 1 is 1.29 bits per heavy atom. The molecule has 7 nitrogen and oxygen atoms in total. The van der Waals surface area contributed by atoms with Gasteiger partial charge in [0.05, 0.1) is 12.7 Å². The monoisotopic (exact) mass is 430 g/mol. The molecule has 2 rings (SSSR count). The minimum absolute atomic E-state index is 0.128. The molecular weight excluding hydrogens is 392 g/mol. The van der Waals surface area contributed by atoms with Gasteiger partial charge in [0.15, 0.2) is 0 Å². The highest BCUT2D eigenvalue weighted by molar-refractivity contribution is 5.68. The van der Waals surface area contributed by atoms with Crippen LogP contribution in [0.2, 0.25) is 0 Å². The Labute approximate surface area is 187 Å². The van der Waals surface area contributed by atoms with E-state index in [9.17, 15) is 10.1 Å². The summed E-state index contributed by atoms with van der Waals surface area (Å²) >= 11 is 0. The molecule has 0 radical (unpaired) electrons. The number of nitrogens with zero attached hydrogens (tertiary/aromatic N) is 3. The highest BCUT2D eigenvalue weighted by Crippen LogP contribution is 2.25. The third kappa shape index (κ3) is 7.62. The summed E-state index contributed by atoms with van der Waals surface area (Å²) in [6.45, 7) is 14.2. The van der Waals surface area contributed by atoms with Crippen molar-refractivity contribution < 1.29 is 14.3 Å². The lowest BCUT2D eigenvalue weighted by Crippen LogP contribution is -2.54. The van der Waals surface area contributed by atoms with Crippen LogP contribution in [0.4, 0.5) is 10.5 Å². The van der Waals surface area contributed by atoms with Crippen LogP contribution in [0.3, 0.4) is 0 Å². The van der Waals surface area contributed by atoms with Crippen molar-refractivity contribution in [3.63, 3.8) is 0 Å². The third-order valence-electron chi connectivity index (χ3n) is 5.51. The van der Waals surface area contributed by atoms with E-state index in [1.54, 1.807) is 0 Å². The topological polar surface area (TPSA) is 77.8 Å². The molecule has 1 N–H and O–H groups in total. The van der Waals surface area contributed by atoms with Crippen LogP contribution in [-0.2, 0) is 11.2 Å². The lowest BCUT2D eigenvalue weighted by molar-refractivity contribution is 0.0474. The van der Waals surface area contributed by atoms with E-state index in [0.29, 0.717) is 19.8 Å². The molecule has 172 valence electrons. The maximum absolute atomic E-state index is 12.2. The number of hydrogen-bond donors (Lipinski definition) is 1. The van der Waals surface area contributed by atoms with Crippen LogP contribution in [-0.4, -0.2) is 66.9 Å². The van der Waals surface area contributed by atoms with Crippen LogP contribution in [0.1, 0.15) is 53.0 Å². The molecule has 0 bridgehead atoms. The van der Waals surface area contributed by atoms with E-state index >= 15 is 0 Å². The lowest BCUT2D eigenvalue weighted by Gasteiger charge is -2.39. The highest BCUT2D eigenvalue weighted by Gasteiger charge is 2.28. The summed E-state index contributed by atoms with van der Waals surface area (Å²) in [7, 11) is 0. The van der Waals surface area contributed by atoms with Crippen LogP contribution in [0.5, 0.6) is 5.75 Å². The van der Waals surface area contributed by atoms with Crippen molar-refractivity contribution in [3.05, 3.63) is 23.8 Å². The number of anilines is 1. The molecule has 1 aromatic carbocycles. The van der Waals surface area contributed by atoms with E-state index in [2.05, 4.69) is 43.1 Å². The van der Waals surface area contributed by atoms with Gasteiger partial charge in [-0.3, -0.25) is 4.90 Å². The molecule has 0 spiro atoms. The molecule has 0 unspecified atom stereocenters. The minimum atomic E-state index is -0.616. The number of unbranched alkanes of at least 4 members (excludes halogenated alkanes) is 1. The number of carbonyl (C=O) groups is 1. The second kappa shape index (κ2) is 11.8. The highest BCUT2D eigenvalue weighted by atomic mass is 16.6. The first-order valence-corrected chi connectivity index (χ1v) is 11.4. The fraction of sp³-hybridized carbons (Fsp3) is 0.667. The third-order valence-corrected chi connectivity index (χ3v) is 5.51. The second-order valence-electron chi connectivity index (χ2n) is 8.70. The number of rotatable bonds is 10. The average Bonchev–Trinajstić information content (AvgIpc) is 2.74. The molecule has 1 heterocycles. The molecule has 1 aliphatic rings. The predicted octanol–water partition coefficient (Wildman–Crippen LogP) is 4.28. The lowest BCUT2D eigenvalue weighted by atomic mass is 10.1. The van der Waals surface area contributed by atoms with Gasteiger partial charge in [0.2, 0.25) is 0 Å². The first-order chi connectivity index (χ1) is 14.8. The Morgan fingerprint density at radius 3 is 2.71 bits per heavy atom. The number of aryl methyl sites for hydroxylation is 1. The zero-order valence-corrected chi connectivity index (χ0v) is 19.7. The van der Waals surface area contributed by atoms with E-state index in [1.165, 1.54) is 0 Å². The summed E-state index contributed by atoms with van der Waals surface area (Å²) in [5.74, 6) is 0.883. The quantitative estimate of drug-likeness (QED) is 0.558. The number of benzene rings is 1. The predicted molar refractivity (Wildman–Crippen MR) is 123 cm³/mol. The van der Waals surface area contributed by atoms with Gasteiger partial charge in [0, 0.05) is 37.9 Å². The molecular formula is C24H38N4O3. The van der Waals surface area contributed by atoms with Crippen molar-refractivity contribution in [2.75, 3.05) is 44.7 Å². The van der Waals surface area contributed by atoms with Gasteiger partial charge in [-0.05, 0) is 57.4 Å². The first kappa shape index (κ1) is 24.8. The fourth-order valence-corrected chi connectivity index (χ4v) is 3.64. The van der Waals surface area contributed by atoms with Gasteiger partial charge in [-0.25, -0.2) is 4.79 Å². The molecule has 1 atom stereocenters. The Balaban J connectivity index is 1.82. The summed E-state index contributed by atoms with van der Waals surface area (Å²) in [4.78, 5) is 16.4. The van der Waals surface area contributed by atoms with Crippen molar-refractivity contribution >= 4 is 11.8 Å². The summed E-state index contributed by atoms with van der Waals surface area (Å²) in [6, 6.07) is 8.37. The normalized spacial score (nSPS) is 17.2. The van der Waals surface area contributed by atoms with E-state index in [-0.39, 0.29) is 12.1 Å². The molecule has 1 fully saturated rings. The van der Waals surface area contributed by atoms with E-state index in [1.807, 2.05) is 30.9 Å². The minimum Gasteiger partial charge on any atom is -0.492 e. The van der Waals surface area contributed by atoms with Gasteiger partial charge in [-0.1, -0.05) is 20.3 Å². The number of piperazine rings is 1. The van der Waals surface area contributed by atoms with Gasteiger partial charge >= 0.3 is 6.09 Å². The van der Waals surface area contributed by atoms with Gasteiger partial charge < -0.3 is 19.7 Å². The van der Waals surface area contributed by atoms with Crippen LogP contribution >= 0.6 is 0 Å². The number of ether oxygens (including phenoxy) is 2. The Hall–Kier alpha value is -2.46. The smallest absolute Gasteiger partial charge is 0.410 e. The zero-order valence-electron chi connectivity index (χ0n) is 19.7. The standard InChI is InChI=1S/C24H38N4O3/c1-6-8-14-31-23(29)28-12-11-27(17-19(28)3)13-15-30-22-10-9-21(16-20(22)7-2)26-24(4,5)18-25/h9-10,16,19,26H,6-8,11-15,17H2,1-5H3/t19-/m0/s1. The van der Waals surface area contributed by atoms with Crippen molar-refractivity contribution in [2.45, 2.75) is 65.5 Å². The van der Waals surface area contributed by atoms with Gasteiger partial charge in [-0.2, -0.15) is 5.26 Å².